The van der Waals surface area contributed by atoms with E-state index in [0.717, 1.165) is 19.3 Å². The monoisotopic (exact) mass is 334 g/mol. The van der Waals surface area contributed by atoms with Crippen molar-refractivity contribution in [2.75, 3.05) is 0 Å². The highest BCUT2D eigenvalue weighted by molar-refractivity contribution is 5.42. The molecule has 130 valence electrons. The molecular weight excluding hydrogens is 308 g/mol. The molecule has 2 aromatic carbocycles. The van der Waals surface area contributed by atoms with Crippen molar-refractivity contribution in [2.45, 2.75) is 50.0 Å². The van der Waals surface area contributed by atoms with E-state index in [1.165, 1.54) is 29.5 Å². The molecule has 0 bridgehead atoms. The normalized spacial score (nSPS) is 36.4. The third-order valence-corrected chi connectivity index (χ3v) is 7.27. The van der Waals surface area contributed by atoms with Gasteiger partial charge in [-0.15, -0.1) is 0 Å². The minimum absolute atomic E-state index is 0.113. The molecule has 25 heavy (non-hydrogen) atoms. The van der Waals surface area contributed by atoms with Gasteiger partial charge in [0, 0.05) is 0 Å². The van der Waals surface area contributed by atoms with Crippen LogP contribution in [0.2, 0.25) is 0 Å². The average Bonchev–Trinajstić information content (AvgIpc) is 3.02. The number of aliphatic hydroxyl groups excluding tert-OH is 1. The molecule has 0 aromatic heterocycles. The number of hydrogen-bond acceptors (Lipinski definition) is 2. The predicted octanol–water partition coefficient (Wildman–Crippen LogP) is 4.61. The fraction of sp³-hybridized carbons (Fsp3) is 0.478. The molecule has 2 aromatic rings. The van der Waals surface area contributed by atoms with E-state index in [-0.39, 0.29) is 6.10 Å². The first kappa shape index (κ1) is 15.5. The molecule has 3 aliphatic rings. The summed E-state index contributed by atoms with van der Waals surface area (Å²) in [5, 5.41) is 20.5. The van der Waals surface area contributed by atoms with Crippen LogP contribution in [-0.4, -0.2) is 16.3 Å². The van der Waals surface area contributed by atoms with Crippen LogP contribution in [0.3, 0.4) is 0 Å². The lowest BCUT2D eigenvalue weighted by Crippen LogP contribution is -2.40. The van der Waals surface area contributed by atoms with Crippen molar-refractivity contribution >= 4 is 0 Å². The smallest absolute Gasteiger partial charge is 0.115 e. The van der Waals surface area contributed by atoms with Crippen LogP contribution in [-0.2, 0) is 6.42 Å². The second-order valence-corrected chi connectivity index (χ2v) is 8.34. The standard InChI is InChI=1S/C23H26O2/c24-16-7-9-17-15(12-16)6-8-19-18-10-11-22(25)21(18)13-20(23(17)19)14-4-2-1-3-5-14/h1-5,7,9,12,18-25H,6,8,10-11,13H2/t18-,19-,20+,21-,22?,23+/m0/s1. The number of hydrogen-bond donors (Lipinski definition) is 2. The van der Waals surface area contributed by atoms with Gasteiger partial charge in [0.1, 0.15) is 5.75 Å². The Labute approximate surface area is 149 Å². The Kier molecular flexibility index (Phi) is 3.63. The zero-order valence-corrected chi connectivity index (χ0v) is 14.5. The van der Waals surface area contributed by atoms with Gasteiger partial charge in [0.15, 0.2) is 0 Å². The van der Waals surface area contributed by atoms with E-state index in [9.17, 15) is 10.2 Å². The number of fused-ring (bicyclic) bond motifs is 5. The van der Waals surface area contributed by atoms with E-state index in [2.05, 4.69) is 36.4 Å². The van der Waals surface area contributed by atoms with Crippen LogP contribution in [0.25, 0.3) is 0 Å². The SMILES string of the molecule is Oc1ccc2c(c1)CC[C@H]1[C@@H]3CCC(O)[C@H]3C[C@H](c3ccccc3)[C@H]21. The van der Waals surface area contributed by atoms with Gasteiger partial charge in [-0.25, -0.2) is 0 Å². The van der Waals surface area contributed by atoms with Crippen LogP contribution in [0.15, 0.2) is 48.5 Å². The predicted molar refractivity (Wildman–Crippen MR) is 98.7 cm³/mol. The summed E-state index contributed by atoms with van der Waals surface area (Å²) in [6, 6.07) is 16.9. The van der Waals surface area contributed by atoms with Gasteiger partial charge in [0.2, 0.25) is 0 Å². The quantitative estimate of drug-likeness (QED) is 0.799. The molecule has 2 saturated carbocycles. The van der Waals surface area contributed by atoms with Crippen molar-refractivity contribution in [3.05, 3.63) is 65.2 Å². The van der Waals surface area contributed by atoms with Gasteiger partial charge in [-0.05, 0) is 90.5 Å². The number of rotatable bonds is 1. The summed E-state index contributed by atoms with van der Waals surface area (Å²) in [5.41, 5.74) is 4.19. The Morgan fingerprint density at radius 3 is 2.52 bits per heavy atom. The van der Waals surface area contributed by atoms with Crippen LogP contribution in [0.4, 0.5) is 0 Å². The van der Waals surface area contributed by atoms with Crippen LogP contribution in [0.1, 0.15) is 54.2 Å². The molecule has 1 unspecified atom stereocenters. The lowest BCUT2D eigenvalue weighted by atomic mass is 9.55. The van der Waals surface area contributed by atoms with Crippen molar-refractivity contribution in [1.29, 1.82) is 0 Å². The zero-order valence-electron chi connectivity index (χ0n) is 14.5. The summed E-state index contributed by atoms with van der Waals surface area (Å²) in [7, 11) is 0. The van der Waals surface area contributed by atoms with Crippen molar-refractivity contribution in [2.24, 2.45) is 17.8 Å². The molecule has 2 N–H and O–H groups in total. The van der Waals surface area contributed by atoms with Crippen LogP contribution in [0, 0.1) is 17.8 Å². The third kappa shape index (κ3) is 2.42. The van der Waals surface area contributed by atoms with E-state index < -0.39 is 0 Å². The van der Waals surface area contributed by atoms with Gasteiger partial charge < -0.3 is 10.2 Å². The van der Waals surface area contributed by atoms with Crippen LogP contribution < -0.4 is 0 Å². The second kappa shape index (κ2) is 5.88. The summed E-state index contributed by atoms with van der Waals surface area (Å²) < 4.78 is 0. The molecule has 0 saturated heterocycles. The Balaban J connectivity index is 1.63. The third-order valence-electron chi connectivity index (χ3n) is 7.27. The van der Waals surface area contributed by atoms with Gasteiger partial charge in [0.25, 0.3) is 0 Å². The summed E-state index contributed by atoms with van der Waals surface area (Å²) in [4.78, 5) is 0. The van der Waals surface area contributed by atoms with Gasteiger partial charge in [-0.2, -0.15) is 0 Å². The first-order valence-corrected chi connectivity index (χ1v) is 9.77. The molecular formula is C23H26O2. The number of aliphatic hydroxyl groups is 1. The fourth-order valence-electron chi connectivity index (χ4n) is 6.29. The summed E-state index contributed by atoms with van der Waals surface area (Å²) in [6.07, 6.45) is 5.39. The highest BCUT2D eigenvalue weighted by atomic mass is 16.3. The van der Waals surface area contributed by atoms with E-state index in [0.29, 0.717) is 35.3 Å². The lowest BCUT2D eigenvalue weighted by Gasteiger charge is -2.49. The first-order chi connectivity index (χ1) is 12.2. The van der Waals surface area contributed by atoms with Crippen molar-refractivity contribution in [1.82, 2.24) is 0 Å². The Hall–Kier alpha value is -1.80. The van der Waals surface area contributed by atoms with E-state index in [4.69, 9.17) is 0 Å². The maximum absolute atomic E-state index is 10.6. The van der Waals surface area contributed by atoms with E-state index >= 15 is 0 Å². The molecule has 0 amide bonds. The van der Waals surface area contributed by atoms with Gasteiger partial charge in [-0.3, -0.25) is 0 Å². The molecule has 2 heteroatoms. The van der Waals surface area contributed by atoms with Crippen molar-refractivity contribution in [3.8, 4) is 5.75 Å². The average molecular weight is 334 g/mol. The molecule has 0 spiro atoms. The second-order valence-electron chi connectivity index (χ2n) is 8.34. The summed E-state index contributed by atoms with van der Waals surface area (Å²) >= 11 is 0. The van der Waals surface area contributed by atoms with Gasteiger partial charge >= 0.3 is 0 Å². The van der Waals surface area contributed by atoms with Crippen molar-refractivity contribution < 1.29 is 10.2 Å². The first-order valence-electron chi connectivity index (χ1n) is 9.77. The molecule has 2 nitrogen and oxygen atoms in total. The molecule has 0 aliphatic heterocycles. The number of phenols is 1. The van der Waals surface area contributed by atoms with E-state index in [1.807, 2.05) is 12.1 Å². The lowest BCUT2D eigenvalue weighted by molar-refractivity contribution is 0.0452. The number of benzene rings is 2. The van der Waals surface area contributed by atoms with Crippen molar-refractivity contribution in [3.63, 3.8) is 0 Å². The number of aromatic hydroxyl groups is 1. The molecule has 5 rings (SSSR count). The molecule has 6 atom stereocenters. The van der Waals surface area contributed by atoms with E-state index in [1.54, 1.807) is 0 Å². The van der Waals surface area contributed by atoms with Gasteiger partial charge in [0.05, 0.1) is 6.10 Å². The largest absolute Gasteiger partial charge is 0.508 e. The minimum atomic E-state index is -0.113. The highest BCUT2D eigenvalue weighted by Crippen LogP contribution is 2.60. The van der Waals surface area contributed by atoms with Crippen LogP contribution >= 0.6 is 0 Å². The highest BCUT2D eigenvalue weighted by Gasteiger charge is 2.51. The maximum Gasteiger partial charge on any atom is 0.115 e. The Morgan fingerprint density at radius 2 is 1.68 bits per heavy atom. The molecule has 0 radical (unpaired) electrons. The minimum Gasteiger partial charge on any atom is -0.508 e. The van der Waals surface area contributed by atoms with Crippen LogP contribution in [0.5, 0.6) is 5.75 Å². The fourth-order valence-corrected chi connectivity index (χ4v) is 6.29. The zero-order chi connectivity index (χ0) is 17.0. The molecule has 3 aliphatic carbocycles. The Bertz CT molecular complexity index is 769. The Morgan fingerprint density at radius 1 is 0.840 bits per heavy atom. The summed E-state index contributed by atoms with van der Waals surface area (Å²) in [5.74, 6) is 3.19. The summed E-state index contributed by atoms with van der Waals surface area (Å²) in [6.45, 7) is 0. The van der Waals surface area contributed by atoms with Gasteiger partial charge in [-0.1, -0.05) is 36.4 Å². The molecule has 0 heterocycles. The maximum atomic E-state index is 10.6. The molecule has 2 fully saturated rings. The topological polar surface area (TPSA) is 40.5 Å². The number of aryl methyl sites for hydroxylation is 1. The number of phenolic OH excluding ortho intramolecular Hbond substituents is 1.